The topological polar surface area (TPSA) is 30.5 Å². The van der Waals surface area contributed by atoms with Gasteiger partial charge in [-0.2, -0.15) is 0 Å². The summed E-state index contributed by atoms with van der Waals surface area (Å²) in [6, 6.07) is 6.05. The van der Waals surface area contributed by atoms with Crippen molar-refractivity contribution in [1.29, 1.82) is 0 Å². The number of alkyl halides is 3. The van der Waals surface area contributed by atoms with Gasteiger partial charge in [-0.15, -0.1) is 13.2 Å². The molecule has 3 nitrogen and oxygen atoms in total. The van der Waals surface area contributed by atoms with Crippen LogP contribution in [-0.4, -0.2) is 26.1 Å². The maximum absolute atomic E-state index is 12.2. The minimum Gasteiger partial charge on any atom is -0.405 e. The Balaban J connectivity index is 2.59. The molecule has 0 aliphatic heterocycles. The number of ether oxygens (including phenoxy) is 2. The Morgan fingerprint density at radius 1 is 1.28 bits per heavy atom. The first-order valence-electron chi connectivity index (χ1n) is 5.49. The van der Waals surface area contributed by atoms with Gasteiger partial charge in [0.15, 0.2) is 0 Å². The number of benzene rings is 1. The van der Waals surface area contributed by atoms with Crippen molar-refractivity contribution in [2.45, 2.75) is 25.9 Å². The zero-order valence-corrected chi connectivity index (χ0v) is 10.3. The molecule has 0 amide bonds. The summed E-state index contributed by atoms with van der Waals surface area (Å²) in [5.41, 5.74) is 0.457. The molecule has 0 saturated heterocycles. The van der Waals surface area contributed by atoms with Gasteiger partial charge in [0.05, 0.1) is 6.10 Å². The van der Waals surface area contributed by atoms with Crippen molar-refractivity contribution >= 4 is 0 Å². The Labute approximate surface area is 104 Å². The van der Waals surface area contributed by atoms with Crippen LogP contribution in [0.5, 0.6) is 5.75 Å². The van der Waals surface area contributed by atoms with Crippen LogP contribution in [0.2, 0.25) is 0 Å². The highest BCUT2D eigenvalue weighted by Crippen LogP contribution is 2.25. The normalized spacial score (nSPS) is 13.4. The Hall–Kier alpha value is -1.27. The van der Waals surface area contributed by atoms with Gasteiger partial charge in [-0.1, -0.05) is 18.2 Å². The molecule has 0 heterocycles. The number of rotatable bonds is 6. The zero-order chi connectivity index (χ0) is 13.6. The first kappa shape index (κ1) is 14.8. The fraction of sp³-hybridized carbons (Fsp3) is 0.500. The third-order valence-corrected chi connectivity index (χ3v) is 2.35. The Morgan fingerprint density at radius 2 is 1.94 bits per heavy atom. The quantitative estimate of drug-likeness (QED) is 0.856. The minimum absolute atomic E-state index is 0.000645. The van der Waals surface area contributed by atoms with Gasteiger partial charge in [-0.05, 0) is 13.0 Å². The molecule has 0 aliphatic carbocycles. The third-order valence-electron chi connectivity index (χ3n) is 2.35. The second-order valence-electron chi connectivity index (χ2n) is 3.83. The summed E-state index contributed by atoms with van der Waals surface area (Å²) in [7, 11) is 1.58. The first-order chi connectivity index (χ1) is 8.42. The summed E-state index contributed by atoms with van der Waals surface area (Å²) in [5.74, 6) is -0.178. The third kappa shape index (κ3) is 5.37. The Morgan fingerprint density at radius 3 is 2.56 bits per heavy atom. The molecule has 0 radical (unpaired) electrons. The SMILES string of the molecule is COC(C)CNCc1ccccc1OC(F)(F)F. The molecule has 1 N–H and O–H groups in total. The molecule has 1 unspecified atom stereocenters. The molecule has 1 aromatic rings. The summed E-state index contributed by atoms with van der Waals surface area (Å²) in [4.78, 5) is 0. The number of methoxy groups -OCH3 is 1. The van der Waals surface area contributed by atoms with Crippen LogP contribution in [0.25, 0.3) is 0 Å². The van der Waals surface area contributed by atoms with Crippen LogP contribution in [0, 0.1) is 0 Å². The Bertz CT molecular complexity index is 369. The standard InChI is InChI=1S/C12H16F3NO2/c1-9(17-2)7-16-8-10-5-3-4-6-11(10)18-12(13,14)15/h3-6,9,16H,7-8H2,1-2H3. The summed E-state index contributed by atoms with van der Waals surface area (Å²) < 4.78 is 45.5. The number of nitrogens with one attached hydrogen (secondary N) is 1. The highest BCUT2D eigenvalue weighted by Gasteiger charge is 2.31. The van der Waals surface area contributed by atoms with Gasteiger partial charge in [0, 0.05) is 25.8 Å². The van der Waals surface area contributed by atoms with E-state index in [0.29, 0.717) is 18.7 Å². The van der Waals surface area contributed by atoms with Crippen LogP contribution in [-0.2, 0) is 11.3 Å². The lowest BCUT2D eigenvalue weighted by molar-refractivity contribution is -0.274. The van der Waals surface area contributed by atoms with Crippen LogP contribution < -0.4 is 10.1 Å². The molecule has 0 spiro atoms. The van der Waals surface area contributed by atoms with Crippen molar-refractivity contribution in [1.82, 2.24) is 5.32 Å². The van der Waals surface area contributed by atoms with Crippen molar-refractivity contribution in [3.05, 3.63) is 29.8 Å². The molecule has 0 aromatic heterocycles. The van der Waals surface area contributed by atoms with Crippen LogP contribution in [0.1, 0.15) is 12.5 Å². The van der Waals surface area contributed by atoms with E-state index in [2.05, 4.69) is 10.1 Å². The van der Waals surface area contributed by atoms with Gasteiger partial charge in [-0.3, -0.25) is 0 Å². The highest BCUT2D eigenvalue weighted by atomic mass is 19.4. The number of halogens is 3. The molecular formula is C12H16F3NO2. The van der Waals surface area contributed by atoms with Crippen molar-refractivity contribution in [3.63, 3.8) is 0 Å². The second kappa shape index (κ2) is 6.61. The van der Waals surface area contributed by atoms with E-state index in [4.69, 9.17) is 4.74 Å². The van der Waals surface area contributed by atoms with Crippen LogP contribution in [0.4, 0.5) is 13.2 Å². The summed E-state index contributed by atoms with van der Waals surface area (Å²) in [6.07, 6.45) is -4.67. The minimum atomic E-state index is -4.67. The van der Waals surface area contributed by atoms with E-state index in [1.54, 1.807) is 19.2 Å². The van der Waals surface area contributed by atoms with Crippen molar-refractivity contribution < 1.29 is 22.6 Å². The van der Waals surface area contributed by atoms with Gasteiger partial charge < -0.3 is 14.8 Å². The van der Waals surface area contributed by atoms with Gasteiger partial charge in [0.1, 0.15) is 5.75 Å². The lowest BCUT2D eigenvalue weighted by Gasteiger charge is -2.15. The van der Waals surface area contributed by atoms with E-state index in [1.807, 2.05) is 6.92 Å². The van der Waals surface area contributed by atoms with Gasteiger partial charge in [0.25, 0.3) is 0 Å². The van der Waals surface area contributed by atoms with E-state index in [-0.39, 0.29) is 11.9 Å². The maximum atomic E-state index is 12.2. The molecule has 1 aromatic carbocycles. The van der Waals surface area contributed by atoms with E-state index >= 15 is 0 Å². The molecule has 102 valence electrons. The predicted octanol–water partition coefficient (Wildman–Crippen LogP) is 2.71. The monoisotopic (exact) mass is 263 g/mol. The largest absolute Gasteiger partial charge is 0.573 e. The van der Waals surface area contributed by atoms with Gasteiger partial charge >= 0.3 is 6.36 Å². The molecule has 18 heavy (non-hydrogen) atoms. The number of hydrogen-bond donors (Lipinski definition) is 1. The van der Waals surface area contributed by atoms with E-state index < -0.39 is 6.36 Å². The van der Waals surface area contributed by atoms with Gasteiger partial charge in [-0.25, -0.2) is 0 Å². The number of para-hydroxylation sites is 1. The van der Waals surface area contributed by atoms with Crippen LogP contribution in [0.15, 0.2) is 24.3 Å². The predicted molar refractivity (Wildman–Crippen MR) is 61.3 cm³/mol. The van der Waals surface area contributed by atoms with Crippen molar-refractivity contribution in [2.24, 2.45) is 0 Å². The smallest absolute Gasteiger partial charge is 0.405 e. The zero-order valence-electron chi connectivity index (χ0n) is 10.3. The van der Waals surface area contributed by atoms with E-state index in [1.165, 1.54) is 12.1 Å². The van der Waals surface area contributed by atoms with Crippen LogP contribution in [0.3, 0.4) is 0 Å². The fourth-order valence-corrected chi connectivity index (χ4v) is 1.37. The maximum Gasteiger partial charge on any atom is 0.573 e. The van der Waals surface area contributed by atoms with Crippen molar-refractivity contribution in [2.75, 3.05) is 13.7 Å². The molecule has 0 saturated carbocycles. The number of hydrogen-bond acceptors (Lipinski definition) is 3. The van der Waals surface area contributed by atoms with E-state index in [0.717, 1.165) is 0 Å². The summed E-state index contributed by atoms with van der Waals surface area (Å²) in [6.45, 7) is 2.71. The lowest BCUT2D eigenvalue weighted by atomic mass is 10.2. The molecule has 1 rings (SSSR count). The highest BCUT2D eigenvalue weighted by molar-refractivity contribution is 5.33. The average molecular weight is 263 g/mol. The lowest BCUT2D eigenvalue weighted by Crippen LogP contribution is -2.26. The van der Waals surface area contributed by atoms with Crippen LogP contribution >= 0.6 is 0 Å². The second-order valence-corrected chi connectivity index (χ2v) is 3.83. The van der Waals surface area contributed by atoms with E-state index in [9.17, 15) is 13.2 Å². The average Bonchev–Trinajstić information content (AvgIpc) is 2.29. The molecule has 0 aliphatic rings. The summed E-state index contributed by atoms with van der Waals surface area (Å²) in [5, 5.41) is 3.01. The Kier molecular flexibility index (Phi) is 5.43. The van der Waals surface area contributed by atoms with Gasteiger partial charge in [0.2, 0.25) is 0 Å². The molecule has 1 atom stereocenters. The van der Waals surface area contributed by atoms with Crippen molar-refractivity contribution in [3.8, 4) is 5.75 Å². The fourth-order valence-electron chi connectivity index (χ4n) is 1.37. The first-order valence-corrected chi connectivity index (χ1v) is 5.49. The molecule has 0 bridgehead atoms. The molecular weight excluding hydrogens is 247 g/mol. The molecule has 6 heteroatoms. The summed E-state index contributed by atoms with van der Waals surface area (Å²) >= 11 is 0. The molecule has 0 fully saturated rings.